The third-order valence-corrected chi connectivity index (χ3v) is 6.25. The normalized spacial score (nSPS) is 18.9. The number of hydrogen-bond donors (Lipinski definition) is 2. The van der Waals surface area contributed by atoms with Crippen molar-refractivity contribution in [3.05, 3.63) is 38.9 Å². The van der Waals surface area contributed by atoms with E-state index in [1.165, 1.54) is 11.1 Å². The average Bonchev–Trinajstić information content (AvgIpc) is 2.56. The van der Waals surface area contributed by atoms with E-state index in [-0.39, 0.29) is 11.8 Å². The first-order valence-electron chi connectivity index (χ1n) is 8.08. The van der Waals surface area contributed by atoms with Crippen LogP contribution in [-0.2, 0) is 12.8 Å². The lowest BCUT2D eigenvalue weighted by atomic mass is 9.76. The monoisotopic (exact) mass is 389 g/mol. The lowest BCUT2D eigenvalue weighted by Crippen LogP contribution is -2.36. The summed E-state index contributed by atoms with van der Waals surface area (Å²) in [5.74, 6) is 0.983. The predicted molar refractivity (Wildman–Crippen MR) is 97.0 cm³/mol. The minimum atomic E-state index is 0.160. The van der Waals surface area contributed by atoms with E-state index in [1.807, 2.05) is 19.1 Å². The van der Waals surface area contributed by atoms with Gasteiger partial charge in [0.2, 0.25) is 0 Å². The van der Waals surface area contributed by atoms with Gasteiger partial charge in [-0.25, -0.2) is 0 Å². The maximum atomic E-state index is 10.7. The molecule has 126 valence electrons. The van der Waals surface area contributed by atoms with Gasteiger partial charge in [0.25, 0.3) is 0 Å². The number of ether oxygens (including phenoxy) is 1. The number of aryl methyl sites for hydroxylation is 1. The number of benzene rings is 2. The molecule has 1 unspecified atom stereocenters. The number of hydrogen-bond acceptors (Lipinski definition) is 4. The summed E-state index contributed by atoms with van der Waals surface area (Å²) in [6.07, 6.45) is 1.74. The fourth-order valence-electron chi connectivity index (χ4n) is 4.10. The Bertz CT molecular complexity index is 863. The van der Waals surface area contributed by atoms with Crippen molar-refractivity contribution in [2.24, 2.45) is 0 Å². The molecule has 5 heteroatoms. The first-order chi connectivity index (χ1) is 11.4. The van der Waals surface area contributed by atoms with Crippen LogP contribution >= 0.6 is 15.9 Å². The Morgan fingerprint density at radius 2 is 2.04 bits per heavy atom. The quantitative estimate of drug-likeness (QED) is 0.775. The lowest BCUT2D eigenvalue weighted by molar-refractivity contribution is 0.226. The summed E-state index contributed by atoms with van der Waals surface area (Å²) in [7, 11) is 3.72. The van der Waals surface area contributed by atoms with E-state index in [0.717, 1.165) is 46.1 Å². The van der Waals surface area contributed by atoms with Crippen LogP contribution in [0.5, 0.6) is 17.2 Å². The van der Waals surface area contributed by atoms with E-state index in [4.69, 9.17) is 4.74 Å². The topological polar surface area (TPSA) is 52.9 Å². The minimum Gasteiger partial charge on any atom is -0.508 e. The Balaban J connectivity index is 2.13. The summed E-state index contributed by atoms with van der Waals surface area (Å²) < 4.78 is 6.34. The smallest absolute Gasteiger partial charge is 0.173 e. The molecule has 0 fully saturated rings. The SMILES string of the molecule is COc1c(O)c(Br)c2c3c1-c1cc(C)c(O)cc1CC3N(C)CC2. The molecule has 1 atom stereocenters. The van der Waals surface area contributed by atoms with Crippen LogP contribution in [-0.4, -0.2) is 35.8 Å². The minimum absolute atomic E-state index is 0.160. The van der Waals surface area contributed by atoms with E-state index < -0.39 is 0 Å². The van der Waals surface area contributed by atoms with E-state index in [1.54, 1.807) is 7.11 Å². The number of nitrogens with zero attached hydrogens (tertiary/aromatic N) is 1. The van der Waals surface area contributed by atoms with Crippen LogP contribution in [0.25, 0.3) is 11.1 Å². The van der Waals surface area contributed by atoms with Crippen LogP contribution in [0.1, 0.15) is 28.3 Å². The molecule has 0 bridgehead atoms. The third kappa shape index (κ3) is 2.01. The van der Waals surface area contributed by atoms with Gasteiger partial charge < -0.3 is 14.9 Å². The van der Waals surface area contributed by atoms with E-state index in [9.17, 15) is 10.2 Å². The van der Waals surface area contributed by atoms with Crippen LogP contribution in [0.2, 0.25) is 0 Å². The fraction of sp³-hybridized carbons (Fsp3) is 0.368. The largest absolute Gasteiger partial charge is 0.508 e. The Hall–Kier alpha value is -1.72. The van der Waals surface area contributed by atoms with Crippen molar-refractivity contribution in [2.75, 3.05) is 20.7 Å². The van der Waals surface area contributed by atoms with Crippen molar-refractivity contribution in [1.29, 1.82) is 0 Å². The van der Waals surface area contributed by atoms with Crippen molar-refractivity contribution in [3.8, 4) is 28.4 Å². The van der Waals surface area contributed by atoms with Gasteiger partial charge in [0.1, 0.15) is 5.75 Å². The average molecular weight is 390 g/mol. The molecule has 0 saturated carbocycles. The molecule has 1 aliphatic carbocycles. The molecule has 1 aliphatic heterocycles. The number of rotatable bonds is 1. The van der Waals surface area contributed by atoms with E-state index in [0.29, 0.717) is 11.5 Å². The standard InChI is InChI=1S/C19H20BrNO3/c1-9-6-12-10(8-14(9)22)7-13-15-11(4-5-21(13)2)17(20)18(23)19(24-3)16(12)15/h6,8,13,22-23H,4-5,7H2,1-3H3. The number of fused-ring (bicyclic) bond motifs is 2. The lowest BCUT2D eigenvalue weighted by Gasteiger charge is -2.41. The first-order valence-corrected chi connectivity index (χ1v) is 8.87. The molecule has 0 radical (unpaired) electrons. The highest BCUT2D eigenvalue weighted by Crippen LogP contribution is 2.55. The molecule has 0 amide bonds. The molecule has 4 rings (SSSR count). The Labute approximate surface area is 149 Å². The highest BCUT2D eigenvalue weighted by Gasteiger charge is 2.38. The summed E-state index contributed by atoms with van der Waals surface area (Å²) in [5.41, 5.74) is 6.34. The van der Waals surface area contributed by atoms with Gasteiger partial charge in [-0.3, -0.25) is 4.90 Å². The number of phenols is 2. The molecular formula is C19H20BrNO3. The van der Waals surface area contributed by atoms with E-state index in [2.05, 4.69) is 27.9 Å². The molecule has 0 spiro atoms. The van der Waals surface area contributed by atoms with E-state index >= 15 is 0 Å². The van der Waals surface area contributed by atoms with Gasteiger partial charge in [-0.15, -0.1) is 0 Å². The predicted octanol–water partition coefficient (Wildman–Crippen LogP) is 3.93. The third-order valence-electron chi connectivity index (χ3n) is 5.40. The summed E-state index contributed by atoms with van der Waals surface area (Å²) in [4.78, 5) is 2.34. The number of halogens is 1. The van der Waals surface area contributed by atoms with Crippen LogP contribution in [0.3, 0.4) is 0 Å². The summed E-state index contributed by atoms with van der Waals surface area (Å²) in [5, 5.41) is 20.8. The number of likely N-dealkylation sites (N-methyl/N-ethyl adjacent to an activating group) is 1. The Kier molecular flexibility index (Phi) is 3.55. The molecule has 0 saturated heterocycles. The zero-order valence-corrected chi connectivity index (χ0v) is 15.6. The maximum absolute atomic E-state index is 10.7. The molecular weight excluding hydrogens is 370 g/mol. The summed E-state index contributed by atoms with van der Waals surface area (Å²) in [6, 6.07) is 4.08. The van der Waals surface area contributed by atoms with Gasteiger partial charge in [-0.1, -0.05) is 0 Å². The van der Waals surface area contributed by atoms with Gasteiger partial charge >= 0.3 is 0 Å². The van der Waals surface area contributed by atoms with Gasteiger partial charge in [0, 0.05) is 18.2 Å². The maximum Gasteiger partial charge on any atom is 0.173 e. The Morgan fingerprint density at radius 3 is 2.75 bits per heavy atom. The molecule has 2 aliphatic rings. The molecule has 24 heavy (non-hydrogen) atoms. The summed E-state index contributed by atoms with van der Waals surface area (Å²) in [6.45, 7) is 2.83. The zero-order valence-electron chi connectivity index (χ0n) is 14.0. The van der Waals surface area contributed by atoms with Crippen molar-refractivity contribution < 1.29 is 14.9 Å². The molecule has 2 aromatic rings. The second-order valence-electron chi connectivity index (χ2n) is 6.71. The van der Waals surface area contributed by atoms with Gasteiger partial charge in [-0.05, 0) is 82.7 Å². The second kappa shape index (κ2) is 5.39. The van der Waals surface area contributed by atoms with Gasteiger partial charge in [0.15, 0.2) is 11.5 Å². The summed E-state index contributed by atoms with van der Waals surface area (Å²) >= 11 is 3.57. The number of methoxy groups -OCH3 is 1. The molecule has 4 nitrogen and oxygen atoms in total. The van der Waals surface area contributed by atoms with Crippen LogP contribution in [0.15, 0.2) is 16.6 Å². The van der Waals surface area contributed by atoms with Crippen molar-refractivity contribution >= 4 is 15.9 Å². The number of aromatic hydroxyl groups is 2. The highest BCUT2D eigenvalue weighted by atomic mass is 79.9. The molecule has 1 heterocycles. The first kappa shape index (κ1) is 15.8. The highest BCUT2D eigenvalue weighted by molar-refractivity contribution is 9.10. The van der Waals surface area contributed by atoms with Crippen LogP contribution in [0.4, 0.5) is 0 Å². The van der Waals surface area contributed by atoms with Crippen molar-refractivity contribution in [3.63, 3.8) is 0 Å². The molecule has 0 aromatic heterocycles. The van der Waals surface area contributed by atoms with Gasteiger partial charge in [-0.2, -0.15) is 0 Å². The van der Waals surface area contributed by atoms with Crippen LogP contribution in [0, 0.1) is 6.92 Å². The Morgan fingerprint density at radius 1 is 1.29 bits per heavy atom. The zero-order chi connectivity index (χ0) is 17.2. The van der Waals surface area contributed by atoms with Crippen molar-refractivity contribution in [2.45, 2.75) is 25.8 Å². The fourth-order valence-corrected chi connectivity index (χ4v) is 4.69. The van der Waals surface area contributed by atoms with Crippen molar-refractivity contribution in [1.82, 2.24) is 4.90 Å². The van der Waals surface area contributed by atoms with Gasteiger partial charge in [0.05, 0.1) is 11.6 Å². The second-order valence-corrected chi connectivity index (χ2v) is 7.50. The molecule has 2 N–H and O–H groups in total. The van der Waals surface area contributed by atoms with Crippen LogP contribution < -0.4 is 4.74 Å². The number of phenolic OH excluding ortho intramolecular Hbond substituents is 2. The molecule has 2 aromatic carbocycles.